The topological polar surface area (TPSA) is 106 Å². The highest BCUT2D eigenvalue weighted by Gasteiger charge is 2.22. The number of hydrogen-bond acceptors (Lipinski definition) is 7. The average molecular weight is 358 g/mol. The molecule has 0 saturated heterocycles. The van der Waals surface area contributed by atoms with Gasteiger partial charge in [-0.15, -0.1) is 11.8 Å². The van der Waals surface area contributed by atoms with Crippen molar-refractivity contribution in [3.63, 3.8) is 0 Å². The van der Waals surface area contributed by atoms with E-state index in [0.717, 1.165) is 12.2 Å². The van der Waals surface area contributed by atoms with E-state index in [4.69, 9.17) is 5.73 Å². The number of carbonyl (C=O) groups excluding carboxylic acids is 1. The van der Waals surface area contributed by atoms with Crippen LogP contribution in [0, 0.1) is 5.92 Å². The van der Waals surface area contributed by atoms with Crippen molar-refractivity contribution in [3.8, 4) is 0 Å². The van der Waals surface area contributed by atoms with Gasteiger partial charge in [-0.05, 0) is 37.8 Å². The van der Waals surface area contributed by atoms with Crippen LogP contribution >= 0.6 is 11.8 Å². The molecule has 1 heterocycles. The first-order valence-electron chi connectivity index (χ1n) is 8.32. The molecule has 1 aromatic carbocycles. The van der Waals surface area contributed by atoms with Gasteiger partial charge in [-0.3, -0.25) is 4.79 Å². The van der Waals surface area contributed by atoms with E-state index in [1.54, 1.807) is 0 Å². The lowest BCUT2D eigenvalue weighted by atomic mass is 10.3. The van der Waals surface area contributed by atoms with Gasteiger partial charge in [0.2, 0.25) is 17.8 Å². The number of carbonyl (C=O) groups is 1. The summed E-state index contributed by atoms with van der Waals surface area (Å²) < 4.78 is 0. The first kappa shape index (κ1) is 17.5. The van der Waals surface area contributed by atoms with Gasteiger partial charge in [-0.2, -0.15) is 15.0 Å². The second-order valence-corrected chi connectivity index (χ2v) is 7.40. The summed E-state index contributed by atoms with van der Waals surface area (Å²) in [5.41, 5.74) is 6.68. The second-order valence-electron chi connectivity index (χ2n) is 6.07. The molecule has 0 spiro atoms. The lowest BCUT2D eigenvalue weighted by Gasteiger charge is -2.12. The molecule has 7 nitrogen and oxygen atoms in total. The zero-order valence-electron chi connectivity index (χ0n) is 14.1. The minimum absolute atomic E-state index is 0.0495. The van der Waals surface area contributed by atoms with Crippen LogP contribution in [-0.2, 0) is 4.79 Å². The number of hydrogen-bond donors (Lipinski definition) is 3. The molecule has 1 aliphatic rings. The lowest BCUT2D eigenvalue weighted by Crippen LogP contribution is -2.27. The van der Waals surface area contributed by atoms with E-state index >= 15 is 0 Å². The van der Waals surface area contributed by atoms with Crippen LogP contribution in [0.1, 0.15) is 30.8 Å². The molecule has 25 heavy (non-hydrogen) atoms. The van der Waals surface area contributed by atoms with Crippen LogP contribution in [0.2, 0.25) is 0 Å². The summed E-state index contributed by atoms with van der Waals surface area (Å²) in [7, 11) is 0. The van der Waals surface area contributed by atoms with Crippen molar-refractivity contribution in [2.75, 3.05) is 23.3 Å². The number of nitrogen functional groups attached to an aromatic ring is 1. The van der Waals surface area contributed by atoms with Crippen LogP contribution < -0.4 is 16.4 Å². The Morgan fingerprint density at radius 2 is 2.04 bits per heavy atom. The minimum Gasteiger partial charge on any atom is -0.368 e. The van der Waals surface area contributed by atoms with Crippen molar-refractivity contribution in [2.45, 2.75) is 25.0 Å². The Morgan fingerprint density at radius 3 is 2.76 bits per heavy atom. The predicted molar refractivity (Wildman–Crippen MR) is 101 cm³/mol. The average Bonchev–Trinajstić information content (AvgIpc) is 3.42. The Labute approximate surface area is 151 Å². The summed E-state index contributed by atoms with van der Waals surface area (Å²) in [6.45, 7) is 2.75. The number of amides is 1. The Morgan fingerprint density at radius 1 is 1.28 bits per heavy atom. The van der Waals surface area contributed by atoms with Gasteiger partial charge in [0.05, 0.1) is 11.0 Å². The van der Waals surface area contributed by atoms with E-state index in [1.165, 1.54) is 24.6 Å². The van der Waals surface area contributed by atoms with E-state index in [1.807, 2.05) is 37.3 Å². The van der Waals surface area contributed by atoms with Crippen molar-refractivity contribution in [1.29, 1.82) is 0 Å². The molecule has 1 aromatic heterocycles. The first-order chi connectivity index (χ1) is 12.1. The summed E-state index contributed by atoms with van der Waals surface area (Å²) in [6.07, 6.45) is 2.45. The molecule has 1 saturated carbocycles. The van der Waals surface area contributed by atoms with Crippen LogP contribution in [0.4, 0.5) is 17.6 Å². The van der Waals surface area contributed by atoms with Crippen LogP contribution in [0.3, 0.4) is 0 Å². The third-order valence-electron chi connectivity index (χ3n) is 3.81. The molecule has 1 atom stereocenters. The summed E-state index contributed by atoms with van der Waals surface area (Å²) in [6, 6.07) is 9.62. The summed E-state index contributed by atoms with van der Waals surface area (Å²) in [5.74, 6) is 2.23. The molecule has 1 aliphatic carbocycles. The van der Waals surface area contributed by atoms with Gasteiger partial charge >= 0.3 is 0 Å². The number of nitrogens with one attached hydrogen (secondary N) is 2. The number of thioether (sulfide) groups is 1. The van der Waals surface area contributed by atoms with Gasteiger partial charge in [0.25, 0.3) is 0 Å². The van der Waals surface area contributed by atoms with E-state index in [-0.39, 0.29) is 17.1 Å². The number of benzene rings is 1. The summed E-state index contributed by atoms with van der Waals surface area (Å²) >= 11 is 1.49. The third-order valence-corrected chi connectivity index (χ3v) is 4.95. The fourth-order valence-electron chi connectivity index (χ4n) is 2.20. The molecule has 1 fully saturated rings. The number of aromatic nitrogens is 3. The standard InChI is InChI=1S/C17H22N6OS/c1-11(25-10-14(24)19-9-12-7-8-12)15-21-16(18)23-17(22-15)20-13-5-3-2-4-6-13/h2-6,11-12H,7-10H2,1H3,(H,19,24)(H3,18,20,21,22,23). The largest absolute Gasteiger partial charge is 0.368 e. The number of anilines is 3. The highest BCUT2D eigenvalue weighted by atomic mass is 32.2. The van der Waals surface area contributed by atoms with Crippen LogP contribution in [0.5, 0.6) is 0 Å². The molecule has 1 amide bonds. The Bertz CT molecular complexity index is 722. The summed E-state index contributed by atoms with van der Waals surface area (Å²) in [5, 5.41) is 6.01. The van der Waals surface area contributed by atoms with Crippen LogP contribution in [-0.4, -0.2) is 33.2 Å². The monoisotopic (exact) mass is 358 g/mol. The Hall–Kier alpha value is -2.35. The Balaban J connectivity index is 1.57. The minimum atomic E-state index is -0.0618. The molecular formula is C17H22N6OS. The second kappa shape index (κ2) is 8.15. The Kier molecular flexibility index (Phi) is 5.70. The highest BCUT2D eigenvalue weighted by molar-refractivity contribution is 8.00. The van der Waals surface area contributed by atoms with Gasteiger partial charge < -0.3 is 16.4 Å². The smallest absolute Gasteiger partial charge is 0.232 e. The predicted octanol–water partition coefficient (Wildman–Crippen LogP) is 2.52. The molecule has 1 unspecified atom stereocenters. The number of para-hydroxylation sites is 1. The molecule has 0 aliphatic heterocycles. The van der Waals surface area contributed by atoms with Crippen LogP contribution in [0.25, 0.3) is 0 Å². The molecule has 132 valence electrons. The maximum absolute atomic E-state index is 11.9. The number of nitrogens with zero attached hydrogens (tertiary/aromatic N) is 3. The molecule has 0 bridgehead atoms. The van der Waals surface area contributed by atoms with Gasteiger partial charge in [0, 0.05) is 12.2 Å². The first-order valence-corrected chi connectivity index (χ1v) is 9.37. The van der Waals surface area contributed by atoms with Crippen molar-refractivity contribution in [3.05, 3.63) is 36.2 Å². The molecule has 3 rings (SSSR count). The zero-order valence-corrected chi connectivity index (χ0v) is 14.9. The van der Waals surface area contributed by atoms with Crippen molar-refractivity contribution in [1.82, 2.24) is 20.3 Å². The maximum Gasteiger partial charge on any atom is 0.232 e. The maximum atomic E-state index is 11.9. The fraction of sp³-hybridized carbons (Fsp3) is 0.412. The molecule has 8 heteroatoms. The molecular weight excluding hydrogens is 336 g/mol. The van der Waals surface area contributed by atoms with E-state index in [2.05, 4.69) is 25.6 Å². The highest BCUT2D eigenvalue weighted by Crippen LogP contribution is 2.28. The van der Waals surface area contributed by atoms with Gasteiger partial charge in [-0.25, -0.2) is 0 Å². The van der Waals surface area contributed by atoms with E-state index in [0.29, 0.717) is 23.4 Å². The zero-order chi connectivity index (χ0) is 17.6. The van der Waals surface area contributed by atoms with Crippen molar-refractivity contribution < 1.29 is 4.79 Å². The normalized spacial score (nSPS) is 14.8. The third kappa shape index (κ3) is 5.60. The van der Waals surface area contributed by atoms with Crippen molar-refractivity contribution >= 4 is 35.3 Å². The number of rotatable bonds is 8. The quantitative estimate of drug-likeness (QED) is 0.666. The van der Waals surface area contributed by atoms with Crippen LogP contribution in [0.15, 0.2) is 30.3 Å². The number of nitrogens with two attached hydrogens (primary N) is 1. The van der Waals surface area contributed by atoms with Gasteiger partial charge in [0.15, 0.2) is 0 Å². The van der Waals surface area contributed by atoms with E-state index < -0.39 is 0 Å². The fourth-order valence-corrected chi connectivity index (χ4v) is 2.96. The lowest BCUT2D eigenvalue weighted by molar-refractivity contribution is -0.118. The molecule has 0 radical (unpaired) electrons. The SMILES string of the molecule is CC(SCC(=O)NCC1CC1)c1nc(N)nc(Nc2ccccc2)n1. The molecule has 4 N–H and O–H groups in total. The van der Waals surface area contributed by atoms with Gasteiger partial charge in [-0.1, -0.05) is 18.2 Å². The van der Waals surface area contributed by atoms with Crippen molar-refractivity contribution in [2.24, 2.45) is 5.92 Å². The van der Waals surface area contributed by atoms with Gasteiger partial charge in [0.1, 0.15) is 5.82 Å². The van der Waals surface area contributed by atoms with E-state index in [9.17, 15) is 4.79 Å². The summed E-state index contributed by atoms with van der Waals surface area (Å²) in [4.78, 5) is 24.6. The molecule has 2 aromatic rings.